The Kier molecular flexibility index (Phi) is 3.46. The number of hydrogen-bond donors (Lipinski definition) is 1. The molecule has 0 aliphatic carbocycles. The minimum absolute atomic E-state index is 0.514. The molecular formula is C15H18BrN3. The third-order valence-corrected chi connectivity index (χ3v) is 4.33. The Morgan fingerprint density at radius 2 is 2.21 bits per heavy atom. The van der Waals surface area contributed by atoms with Crippen molar-refractivity contribution in [3.8, 4) is 11.3 Å². The van der Waals surface area contributed by atoms with Crippen molar-refractivity contribution in [1.29, 1.82) is 0 Å². The van der Waals surface area contributed by atoms with Gasteiger partial charge >= 0.3 is 0 Å². The molecule has 2 heterocycles. The number of fused-ring (bicyclic) bond motifs is 1. The zero-order valence-corrected chi connectivity index (χ0v) is 12.7. The molecule has 4 heteroatoms. The fourth-order valence-electron chi connectivity index (χ4n) is 2.84. The number of imidazole rings is 1. The molecule has 0 unspecified atom stereocenters. The first-order valence-electron chi connectivity index (χ1n) is 6.75. The Hall–Kier alpha value is -1.13. The Bertz CT molecular complexity index is 616. The number of aryl methyl sites for hydroxylation is 1. The van der Waals surface area contributed by atoms with Crippen molar-refractivity contribution < 1.29 is 0 Å². The van der Waals surface area contributed by atoms with Crippen LogP contribution >= 0.6 is 15.9 Å². The summed E-state index contributed by atoms with van der Waals surface area (Å²) in [5, 5.41) is 0. The maximum Gasteiger partial charge on any atom is 0.123 e. The molecule has 0 fully saturated rings. The average Bonchev–Trinajstić information content (AvgIpc) is 2.80. The molecule has 2 aromatic rings. The fraction of sp³-hybridized carbons (Fsp3) is 0.400. The zero-order chi connectivity index (χ0) is 13.4. The molecule has 0 saturated heterocycles. The fourth-order valence-corrected chi connectivity index (χ4v) is 3.20. The minimum atomic E-state index is 0.514. The number of hydrogen-bond acceptors (Lipinski definition) is 2. The first kappa shape index (κ1) is 12.9. The van der Waals surface area contributed by atoms with Gasteiger partial charge in [-0.2, -0.15) is 0 Å². The van der Waals surface area contributed by atoms with Gasteiger partial charge in [0, 0.05) is 22.3 Å². The van der Waals surface area contributed by atoms with Crippen LogP contribution in [0.15, 0.2) is 22.7 Å². The smallest absolute Gasteiger partial charge is 0.123 e. The molecule has 0 saturated carbocycles. The summed E-state index contributed by atoms with van der Waals surface area (Å²) in [6.07, 6.45) is 3.58. The monoisotopic (exact) mass is 319 g/mol. The molecular weight excluding hydrogens is 302 g/mol. The number of nitrogens with zero attached hydrogens (tertiary/aromatic N) is 2. The molecule has 0 amide bonds. The van der Waals surface area contributed by atoms with Crippen molar-refractivity contribution in [1.82, 2.24) is 9.55 Å². The van der Waals surface area contributed by atoms with Gasteiger partial charge in [-0.25, -0.2) is 4.98 Å². The average molecular weight is 320 g/mol. The third-order valence-electron chi connectivity index (χ3n) is 3.83. The lowest BCUT2D eigenvalue weighted by atomic mass is 10.0. The van der Waals surface area contributed by atoms with Crippen LogP contribution in [0.4, 0.5) is 0 Å². The van der Waals surface area contributed by atoms with Crippen LogP contribution in [0.5, 0.6) is 0 Å². The number of rotatable bonds is 2. The van der Waals surface area contributed by atoms with Crippen LogP contribution in [-0.4, -0.2) is 9.55 Å². The van der Waals surface area contributed by atoms with E-state index in [4.69, 9.17) is 10.7 Å². The van der Waals surface area contributed by atoms with E-state index in [1.807, 2.05) is 0 Å². The summed E-state index contributed by atoms with van der Waals surface area (Å²) >= 11 is 3.55. The van der Waals surface area contributed by atoms with Gasteiger partial charge in [-0.15, -0.1) is 0 Å². The molecule has 19 heavy (non-hydrogen) atoms. The predicted molar refractivity (Wildman–Crippen MR) is 80.9 cm³/mol. The van der Waals surface area contributed by atoms with E-state index in [-0.39, 0.29) is 0 Å². The quantitative estimate of drug-likeness (QED) is 0.921. The van der Waals surface area contributed by atoms with Crippen molar-refractivity contribution in [2.45, 2.75) is 39.3 Å². The van der Waals surface area contributed by atoms with Crippen molar-refractivity contribution in [2.75, 3.05) is 0 Å². The topological polar surface area (TPSA) is 43.8 Å². The Morgan fingerprint density at radius 1 is 1.37 bits per heavy atom. The lowest BCUT2D eigenvalue weighted by Gasteiger charge is -2.17. The van der Waals surface area contributed by atoms with Crippen LogP contribution in [-0.2, 0) is 19.5 Å². The molecule has 1 aromatic heterocycles. The van der Waals surface area contributed by atoms with Crippen LogP contribution in [0, 0.1) is 6.92 Å². The number of halogens is 1. The summed E-state index contributed by atoms with van der Waals surface area (Å²) in [6.45, 7) is 3.71. The van der Waals surface area contributed by atoms with Gasteiger partial charge in [-0.05, 0) is 43.9 Å². The van der Waals surface area contributed by atoms with Crippen LogP contribution < -0.4 is 5.73 Å². The lowest BCUT2D eigenvalue weighted by Crippen LogP contribution is -2.15. The third kappa shape index (κ3) is 2.23. The first-order chi connectivity index (χ1) is 9.20. The van der Waals surface area contributed by atoms with E-state index in [9.17, 15) is 0 Å². The van der Waals surface area contributed by atoms with Gasteiger partial charge in [0.1, 0.15) is 5.82 Å². The van der Waals surface area contributed by atoms with Crippen LogP contribution in [0.2, 0.25) is 0 Å². The van der Waals surface area contributed by atoms with Gasteiger partial charge in [-0.3, -0.25) is 0 Å². The second-order valence-corrected chi connectivity index (χ2v) is 6.01. The summed E-state index contributed by atoms with van der Waals surface area (Å²) in [4.78, 5) is 4.80. The van der Waals surface area contributed by atoms with E-state index in [1.54, 1.807) is 0 Å². The highest BCUT2D eigenvalue weighted by atomic mass is 79.9. The zero-order valence-electron chi connectivity index (χ0n) is 11.1. The normalized spacial score (nSPS) is 14.5. The molecule has 0 radical (unpaired) electrons. The second kappa shape index (κ2) is 5.10. The van der Waals surface area contributed by atoms with E-state index in [0.29, 0.717) is 6.54 Å². The highest BCUT2D eigenvalue weighted by Crippen LogP contribution is 2.32. The summed E-state index contributed by atoms with van der Waals surface area (Å²) in [5.74, 6) is 1.02. The Morgan fingerprint density at radius 3 is 3.00 bits per heavy atom. The molecule has 1 aliphatic rings. The van der Waals surface area contributed by atoms with E-state index in [0.717, 1.165) is 29.0 Å². The van der Waals surface area contributed by atoms with E-state index >= 15 is 0 Å². The van der Waals surface area contributed by atoms with Gasteiger partial charge in [0.15, 0.2) is 0 Å². The van der Waals surface area contributed by atoms with Crippen LogP contribution in [0.25, 0.3) is 11.3 Å². The SMILES string of the molecule is Cc1ccc(Br)cc1-c1nc(CN)n2c1CCCC2. The van der Waals surface area contributed by atoms with E-state index in [1.165, 1.54) is 29.7 Å². The second-order valence-electron chi connectivity index (χ2n) is 5.10. The van der Waals surface area contributed by atoms with Crippen molar-refractivity contribution in [3.63, 3.8) is 0 Å². The number of aromatic nitrogens is 2. The summed E-state index contributed by atoms with van der Waals surface area (Å²) in [6, 6.07) is 6.37. The van der Waals surface area contributed by atoms with Gasteiger partial charge < -0.3 is 10.3 Å². The maximum absolute atomic E-state index is 5.84. The molecule has 0 bridgehead atoms. The Labute approximate surface area is 122 Å². The molecule has 1 aromatic carbocycles. The van der Waals surface area contributed by atoms with Gasteiger partial charge in [0.2, 0.25) is 0 Å². The predicted octanol–water partition coefficient (Wildman–Crippen LogP) is 3.42. The molecule has 100 valence electrons. The van der Waals surface area contributed by atoms with Crippen molar-refractivity contribution in [2.24, 2.45) is 5.73 Å². The van der Waals surface area contributed by atoms with Gasteiger partial charge in [0.05, 0.1) is 12.2 Å². The first-order valence-corrected chi connectivity index (χ1v) is 7.55. The Balaban J connectivity index is 2.19. The largest absolute Gasteiger partial charge is 0.330 e. The number of nitrogens with two attached hydrogens (primary N) is 1. The number of benzene rings is 1. The standard InChI is InChI=1S/C15H18BrN3/c1-10-5-6-11(16)8-12(10)15-13-4-2-3-7-19(13)14(9-17)18-15/h5-6,8H,2-4,7,9,17H2,1H3. The van der Waals surface area contributed by atoms with Gasteiger partial charge in [-0.1, -0.05) is 22.0 Å². The molecule has 3 rings (SSSR count). The molecule has 1 aliphatic heterocycles. The highest BCUT2D eigenvalue weighted by molar-refractivity contribution is 9.10. The molecule has 0 spiro atoms. The minimum Gasteiger partial charge on any atom is -0.330 e. The molecule has 3 nitrogen and oxygen atoms in total. The van der Waals surface area contributed by atoms with Crippen LogP contribution in [0.3, 0.4) is 0 Å². The summed E-state index contributed by atoms with van der Waals surface area (Å²) in [7, 11) is 0. The molecule has 0 atom stereocenters. The van der Waals surface area contributed by atoms with Crippen molar-refractivity contribution >= 4 is 15.9 Å². The highest BCUT2D eigenvalue weighted by Gasteiger charge is 2.21. The van der Waals surface area contributed by atoms with Gasteiger partial charge in [0.25, 0.3) is 0 Å². The van der Waals surface area contributed by atoms with E-state index < -0.39 is 0 Å². The molecule has 2 N–H and O–H groups in total. The van der Waals surface area contributed by atoms with Crippen molar-refractivity contribution in [3.05, 3.63) is 39.8 Å². The summed E-state index contributed by atoms with van der Waals surface area (Å²) < 4.78 is 3.42. The lowest BCUT2D eigenvalue weighted by molar-refractivity contribution is 0.515. The maximum atomic E-state index is 5.84. The van der Waals surface area contributed by atoms with E-state index in [2.05, 4.69) is 45.6 Å². The van der Waals surface area contributed by atoms with Crippen LogP contribution in [0.1, 0.15) is 29.9 Å². The summed E-state index contributed by atoms with van der Waals surface area (Å²) in [5.41, 5.74) is 10.8.